The standard InChI is InChI=1S/C11H8FN3O3S/c12-6-4-8(7(13)3-5(6)10(17)18)19-11-14-2-1-9(16)15-11/h1-4H,13H2,(H,17,18)(H,14,15,16). The van der Waals surface area contributed by atoms with Gasteiger partial charge in [-0.15, -0.1) is 0 Å². The molecule has 0 radical (unpaired) electrons. The largest absolute Gasteiger partial charge is 0.478 e. The van der Waals surface area contributed by atoms with Gasteiger partial charge in [-0.1, -0.05) is 0 Å². The van der Waals surface area contributed by atoms with Crippen molar-refractivity contribution in [2.24, 2.45) is 0 Å². The number of nitrogens with two attached hydrogens (primary N) is 1. The van der Waals surface area contributed by atoms with Crippen LogP contribution in [0.15, 0.2) is 39.2 Å². The number of carboxylic acid groups (broad SMARTS) is 1. The van der Waals surface area contributed by atoms with Crippen LogP contribution in [0.2, 0.25) is 0 Å². The number of anilines is 1. The maximum Gasteiger partial charge on any atom is 0.338 e. The number of H-pyrrole nitrogens is 1. The van der Waals surface area contributed by atoms with Crippen LogP contribution in [0.1, 0.15) is 10.4 Å². The summed E-state index contributed by atoms with van der Waals surface area (Å²) in [6.45, 7) is 0. The number of nitrogen functional groups attached to an aromatic ring is 1. The summed E-state index contributed by atoms with van der Waals surface area (Å²) in [5.41, 5.74) is 4.88. The molecule has 19 heavy (non-hydrogen) atoms. The van der Waals surface area contributed by atoms with Crippen LogP contribution < -0.4 is 11.3 Å². The van der Waals surface area contributed by atoms with Crippen molar-refractivity contribution < 1.29 is 14.3 Å². The summed E-state index contributed by atoms with van der Waals surface area (Å²) in [5.74, 6) is -2.30. The zero-order valence-corrected chi connectivity index (χ0v) is 10.2. The van der Waals surface area contributed by atoms with Gasteiger partial charge in [0.1, 0.15) is 5.82 Å². The van der Waals surface area contributed by atoms with E-state index < -0.39 is 17.3 Å². The van der Waals surface area contributed by atoms with Gasteiger partial charge in [-0.25, -0.2) is 14.2 Å². The number of hydrogen-bond donors (Lipinski definition) is 3. The number of nitrogens with one attached hydrogen (secondary N) is 1. The molecule has 1 heterocycles. The molecule has 0 aliphatic rings. The normalized spacial score (nSPS) is 10.4. The second-order valence-corrected chi connectivity index (χ2v) is 4.55. The van der Waals surface area contributed by atoms with Gasteiger partial charge in [0.2, 0.25) is 0 Å². The Morgan fingerprint density at radius 3 is 2.84 bits per heavy atom. The van der Waals surface area contributed by atoms with Crippen LogP contribution in [0.25, 0.3) is 0 Å². The molecule has 0 bridgehead atoms. The number of carbonyl (C=O) groups is 1. The monoisotopic (exact) mass is 281 g/mol. The molecule has 0 unspecified atom stereocenters. The Hall–Kier alpha value is -2.35. The van der Waals surface area contributed by atoms with Gasteiger partial charge in [-0.2, -0.15) is 0 Å². The average molecular weight is 281 g/mol. The number of aromatic nitrogens is 2. The Kier molecular flexibility index (Phi) is 3.52. The van der Waals surface area contributed by atoms with Crippen molar-refractivity contribution in [3.63, 3.8) is 0 Å². The van der Waals surface area contributed by atoms with Crippen LogP contribution in [0, 0.1) is 5.82 Å². The minimum Gasteiger partial charge on any atom is -0.478 e. The van der Waals surface area contributed by atoms with Crippen LogP contribution in [0.4, 0.5) is 10.1 Å². The average Bonchev–Trinajstić information content (AvgIpc) is 2.33. The highest BCUT2D eigenvalue weighted by atomic mass is 32.2. The molecule has 2 rings (SSSR count). The van der Waals surface area contributed by atoms with Crippen LogP contribution >= 0.6 is 11.8 Å². The predicted molar refractivity (Wildman–Crippen MR) is 66.8 cm³/mol. The lowest BCUT2D eigenvalue weighted by Gasteiger charge is -2.06. The zero-order chi connectivity index (χ0) is 14.0. The maximum absolute atomic E-state index is 13.5. The van der Waals surface area contributed by atoms with E-state index in [-0.39, 0.29) is 21.3 Å². The molecule has 6 nitrogen and oxygen atoms in total. The molecule has 1 aromatic carbocycles. The summed E-state index contributed by atoms with van der Waals surface area (Å²) in [7, 11) is 0. The van der Waals surface area contributed by atoms with E-state index in [2.05, 4.69) is 9.97 Å². The van der Waals surface area contributed by atoms with Gasteiger partial charge in [0.25, 0.3) is 5.56 Å². The number of halogens is 1. The van der Waals surface area contributed by atoms with Crippen molar-refractivity contribution in [1.29, 1.82) is 0 Å². The summed E-state index contributed by atoms with van der Waals surface area (Å²) in [4.78, 5) is 28.4. The highest BCUT2D eigenvalue weighted by molar-refractivity contribution is 7.99. The van der Waals surface area contributed by atoms with Crippen molar-refractivity contribution >= 4 is 23.4 Å². The third kappa shape index (κ3) is 2.91. The first-order valence-corrected chi connectivity index (χ1v) is 5.84. The SMILES string of the molecule is Nc1cc(C(=O)O)c(F)cc1Sc1nccc(=O)[nH]1. The molecule has 0 saturated heterocycles. The third-order valence-electron chi connectivity index (χ3n) is 2.18. The maximum atomic E-state index is 13.5. The van der Waals surface area contributed by atoms with Crippen LogP contribution in [0.5, 0.6) is 0 Å². The van der Waals surface area contributed by atoms with Crippen LogP contribution in [0.3, 0.4) is 0 Å². The lowest BCUT2D eigenvalue weighted by atomic mass is 10.2. The molecule has 0 amide bonds. The Morgan fingerprint density at radius 2 is 2.21 bits per heavy atom. The van der Waals surface area contributed by atoms with Gasteiger partial charge in [0.15, 0.2) is 5.16 Å². The topological polar surface area (TPSA) is 109 Å². The molecule has 98 valence electrons. The molecular formula is C11H8FN3O3S. The predicted octanol–water partition coefficient (Wildman–Crippen LogP) is 1.34. The third-order valence-corrected chi connectivity index (χ3v) is 3.16. The second-order valence-electron chi connectivity index (χ2n) is 3.52. The molecular weight excluding hydrogens is 273 g/mol. The summed E-state index contributed by atoms with van der Waals surface area (Å²) in [6, 6.07) is 3.26. The molecule has 0 fully saturated rings. The lowest BCUT2D eigenvalue weighted by Crippen LogP contribution is -2.06. The van der Waals surface area contributed by atoms with Crippen molar-refractivity contribution in [1.82, 2.24) is 9.97 Å². The fraction of sp³-hybridized carbons (Fsp3) is 0. The molecule has 0 saturated carbocycles. The van der Waals surface area contributed by atoms with E-state index in [9.17, 15) is 14.0 Å². The Morgan fingerprint density at radius 1 is 1.47 bits per heavy atom. The quantitative estimate of drug-likeness (QED) is 0.578. The van der Waals surface area contributed by atoms with Gasteiger partial charge in [0, 0.05) is 22.8 Å². The molecule has 8 heteroatoms. The van der Waals surface area contributed by atoms with Crippen LogP contribution in [-0.4, -0.2) is 21.0 Å². The summed E-state index contributed by atoms with van der Waals surface area (Å²) >= 11 is 0.938. The Labute approximate surface area is 110 Å². The number of aromatic amines is 1. The summed E-state index contributed by atoms with van der Waals surface area (Å²) in [6.07, 6.45) is 1.30. The van der Waals surface area contributed by atoms with E-state index in [0.717, 1.165) is 23.9 Å². The van der Waals surface area contributed by atoms with Gasteiger partial charge >= 0.3 is 5.97 Å². The molecule has 2 aromatic rings. The zero-order valence-electron chi connectivity index (χ0n) is 9.38. The Bertz CT molecular complexity index is 702. The minimum absolute atomic E-state index is 0.0929. The first-order valence-electron chi connectivity index (χ1n) is 5.03. The highest BCUT2D eigenvalue weighted by Crippen LogP contribution is 2.31. The molecule has 0 aliphatic carbocycles. The van der Waals surface area contributed by atoms with E-state index in [1.807, 2.05) is 0 Å². The number of hydrogen-bond acceptors (Lipinski definition) is 5. The van der Waals surface area contributed by atoms with Gasteiger partial charge in [0.05, 0.1) is 5.56 Å². The molecule has 4 N–H and O–H groups in total. The molecule has 0 spiro atoms. The lowest BCUT2D eigenvalue weighted by molar-refractivity contribution is 0.0692. The molecule has 1 aromatic heterocycles. The smallest absolute Gasteiger partial charge is 0.338 e. The summed E-state index contributed by atoms with van der Waals surface area (Å²) in [5, 5.41) is 8.98. The second kappa shape index (κ2) is 5.11. The minimum atomic E-state index is -1.40. The van der Waals surface area contributed by atoms with E-state index in [1.54, 1.807) is 0 Å². The number of aromatic carboxylic acids is 1. The number of carboxylic acids is 1. The fourth-order valence-corrected chi connectivity index (χ4v) is 2.14. The summed E-state index contributed by atoms with van der Waals surface area (Å²) < 4.78 is 13.5. The molecule has 0 aliphatic heterocycles. The van der Waals surface area contributed by atoms with Crippen molar-refractivity contribution in [2.75, 3.05) is 5.73 Å². The van der Waals surface area contributed by atoms with Crippen molar-refractivity contribution in [2.45, 2.75) is 10.1 Å². The fourth-order valence-electron chi connectivity index (χ4n) is 1.33. The number of rotatable bonds is 3. The first kappa shape index (κ1) is 13.1. The van der Waals surface area contributed by atoms with E-state index >= 15 is 0 Å². The van der Waals surface area contributed by atoms with Crippen LogP contribution in [-0.2, 0) is 0 Å². The highest BCUT2D eigenvalue weighted by Gasteiger charge is 2.14. The number of nitrogens with zero attached hydrogens (tertiary/aromatic N) is 1. The van der Waals surface area contributed by atoms with E-state index in [1.165, 1.54) is 12.3 Å². The van der Waals surface area contributed by atoms with Gasteiger partial charge in [-0.3, -0.25) is 4.79 Å². The molecule has 0 atom stereocenters. The van der Waals surface area contributed by atoms with E-state index in [0.29, 0.717) is 0 Å². The van der Waals surface area contributed by atoms with Gasteiger partial charge in [-0.05, 0) is 23.9 Å². The Balaban J connectivity index is 2.39. The van der Waals surface area contributed by atoms with E-state index in [4.69, 9.17) is 10.8 Å². The van der Waals surface area contributed by atoms with Crippen molar-refractivity contribution in [3.8, 4) is 0 Å². The van der Waals surface area contributed by atoms with Crippen molar-refractivity contribution in [3.05, 3.63) is 46.1 Å². The van der Waals surface area contributed by atoms with Gasteiger partial charge < -0.3 is 15.8 Å². The first-order chi connectivity index (χ1) is 8.97. The number of benzene rings is 1.